The first-order chi connectivity index (χ1) is 10.2. The Morgan fingerprint density at radius 1 is 1.10 bits per heavy atom. The maximum Gasteiger partial charge on any atom is 0.234 e. The average Bonchev–Trinajstić information content (AvgIpc) is 2.50. The average molecular weight is 305 g/mol. The quantitative estimate of drug-likeness (QED) is 0.795. The van der Waals surface area contributed by atoms with Crippen molar-refractivity contribution < 1.29 is 13.9 Å². The number of hydrogen-bond donors (Lipinski definition) is 1. The van der Waals surface area contributed by atoms with E-state index < -0.39 is 0 Å². The van der Waals surface area contributed by atoms with Gasteiger partial charge in [-0.1, -0.05) is 18.2 Å². The molecule has 0 atom stereocenters. The molecule has 21 heavy (non-hydrogen) atoms. The summed E-state index contributed by atoms with van der Waals surface area (Å²) in [5.41, 5.74) is 0.600. The van der Waals surface area contributed by atoms with Crippen LogP contribution >= 0.6 is 11.8 Å². The maximum atomic E-state index is 12.7. The number of hydrogen-bond acceptors (Lipinski definition) is 3. The molecule has 0 bridgehead atoms. The predicted molar refractivity (Wildman–Crippen MR) is 84.3 cm³/mol. The van der Waals surface area contributed by atoms with Gasteiger partial charge in [0.05, 0.1) is 12.4 Å². The number of carbonyl (C=O) groups is 1. The number of rotatable bonds is 7. The molecule has 1 N–H and O–H groups in total. The molecule has 0 spiro atoms. The summed E-state index contributed by atoms with van der Waals surface area (Å²) in [5, 5.41) is 2.71. The molecule has 2 aromatic rings. The predicted octanol–water partition coefficient (Wildman–Crippen LogP) is 3.58. The van der Waals surface area contributed by atoms with Gasteiger partial charge in [0, 0.05) is 11.4 Å². The number of para-hydroxylation sites is 1. The van der Waals surface area contributed by atoms with Crippen LogP contribution in [0, 0.1) is 5.82 Å². The third-order valence-corrected chi connectivity index (χ3v) is 3.52. The summed E-state index contributed by atoms with van der Waals surface area (Å²) in [6.07, 6.45) is 0. The maximum absolute atomic E-state index is 12.7. The molecule has 0 aliphatic heterocycles. The van der Waals surface area contributed by atoms with Crippen LogP contribution in [0.15, 0.2) is 54.6 Å². The van der Waals surface area contributed by atoms with Gasteiger partial charge in [0.2, 0.25) is 5.91 Å². The van der Waals surface area contributed by atoms with Gasteiger partial charge in [0.1, 0.15) is 11.6 Å². The molecule has 2 aromatic carbocycles. The lowest BCUT2D eigenvalue weighted by Gasteiger charge is -2.06. The molecular formula is C16H16FNO2S. The van der Waals surface area contributed by atoms with E-state index in [4.69, 9.17) is 4.74 Å². The fourth-order valence-electron chi connectivity index (χ4n) is 1.63. The number of benzene rings is 2. The molecule has 0 saturated carbocycles. The highest BCUT2D eigenvalue weighted by Crippen LogP contribution is 2.11. The number of ether oxygens (including phenoxy) is 1. The molecule has 0 radical (unpaired) electrons. The summed E-state index contributed by atoms with van der Waals surface area (Å²) in [7, 11) is 0. The summed E-state index contributed by atoms with van der Waals surface area (Å²) in [6.45, 7) is 0.554. The Kier molecular flexibility index (Phi) is 6.09. The molecule has 0 aliphatic rings. The van der Waals surface area contributed by atoms with Crippen LogP contribution in [0.25, 0.3) is 0 Å². The fourth-order valence-corrected chi connectivity index (χ4v) is 2.23. The monoisotopic (exact) mass is 305 g/mol. The summed E-state index contributed by atoms with van der Waals surface area (Å²) in [6, 6.07) is 15.3. The molecule has 2 rings (SSSR count). The number of nitrogens with one attached hydrogen (secondary N) is 1. The highest BCUT2D eigenvalue weighted by atomic mass is 32.2. The summed E-state index contributed by atoms with van der Waals surface area (Å²) >= 11 is 1.49. The molecule has 0 unspecified atom stereocenters. The van der Waals surface area contributed by atoms with Gasteiger partial charge in [0.15, 0.2) is 0 Å². The molecule has 110 valence electrons. The topological polar surface area (TPSA) is 38.3 Å². The minimum absolute atomic E-state index is 0.105. The largest absolute Gasteiger partial charge is 0.493 e. The van der Waals surface area contributed by atoms with Gasteiger partial charge < -0.3 is 10.1 Å². The second-order valence-corrected chi connectivity index (χ2v) is 5.37. The second kappa shape index (κ2) is 8.32. The van der Waals surface area contributed by atoms with Crippen molar-refractivity contribution in [2.75, 3.05) is 23.4 Å². The minimum atomic E-state index is -0.319. The van der Waals surface area contributed by atoms with E-state index in [-0.39, 0.29) is 11.7 Å². The van der Waals surface area contributed by atoms with E-state index in [2.05, 4.69) is 5.32 Å². The molecule has 0 heterocycles. The molecule has 0 aliphatic carbocycles. The lowest BCUT2D eigenvalue weighted by Crippen LogP contribution is -2.15. The van der Waals surface area contributed by atoms with E-state index >= 15 is 0 Å². The lowest BCUT2D eigenvalue weighted by molar-refractivity contribution is -0.113. The fraction of sp³-hybridized carbons (Fsp3) is 0.188. The minimum Gasteiger partial charge on any atom is -0.493 e. The van der Waals surface area contributed by atoms with Gasteiger partial charge >= 0.3 is 0 Å². The molecule has 1 amide bonds. The number of carbonyl (C=O) groups excluding carboxylic acids is 1. The van der Waals surface area contributed by atoms with Crippen molar-refractivity contribution in [1.82, 2.24) is 0 Å². The van der Waals surface area contributed by atoms with Crippen LogP contribution in [0.4, 0.5) is 10.1 Å². The van der Waals surface area contributed by atoms with E-state index in [0.29, 0.717) is 18.0 Å². The number of thioether (sulfide) groups is 1. The van der Waals surface area contributed by atoms with Gasteiger partial charge in [-0.2, -0.15) is 0 Å². The van der Waals surface area contributed by atoms with Crippen molar-refractivity contribution >= 4 is 23.4 Å². The Morgan fingerprint density at radius 3 is 2.52 bits per heavy atom. The van der Waals surface area contributed by atoms with Crippen molar-refractivity contribution in [3.05, 3.63) is 60.4 Å². The molecule has 5 heteroatoms. The van der Waals surface area contributed by atoms with E-state index in [9.17, 15) is 9.18 Å². The number of halogens is 1. The summed E-state index contributed by atoms with van der Waals surface area (Å²) in [4.78, 5) is 11.7. The first-order valence-electron chi connectivity index (χ1n) is 6.55. The zero-order chi connectivity index (χ0) is 14.9. The normalized spacial score (nSPS) is 10.1. The Balaban J connectivity index is 1.60. The third-order valence-electron chi connectivity index (χ3n) is 2.60. The smallest absolute Gasteiger partial charge is 0.234 e. The molecule has 0 aromatic heterocycles. The van der Waals surface area contributed by atoms with Gasteiger partial charge in [-0.05, 0) is 36.4 Å². The van der Waals surface area contributed by atoms with E-state index in [1.807, 2.05) is 30.3 Å². The van der Waals surface area contributed by atoms with Crippen LogP contribution in [-0.2, 0) is 4.79 Å². The van der Waals surface area contributed by atoms with Crippen LogP contribution in [0.3, 0.4) is 0 Å². The van der Waals surface area contributed by atoms with Crippen LogP contribution in [0.1, 0.15) is 0 Å². The highest BCUT2D eigenvalue weighted by Gasteiger charge is 2.03. The van der Waals surface area contributed by atoms with Gasteiger partial charge in [-0.25, -0.2) is 4.39 Å². The van der Waals surface area contributed by atoms with Crippen LogP contribution in [0.2, 0.25) is 0 Å². The lowest BCUT2D eigenvalue weighted by atomic mass is 10.3. The van der Waals surface area contributed by atoms with Crippen molar-refractivity contribution in [1.29, 1.82) is 0 Å². The number of amides is 1. The van der Waals surface area contributed by atoms with Crippen molar-refractivity contribution in [2.24, 2.45) is 0 Å². The summed E-state index contributed by atoms with van der Waals surface area (Å²) < 4.78 is 18.2. The van der Waals surface area contributed by atoms with Crippen LogP contribution in [0.5, 0.6) is 5.75 Å². The van der Waals surface area contributed by atoms with E-state index in [0.717, 1.165) is 11.5 Å². The van der Waals surface area contributed by atoms with Crippen LogP contribution in [-0.4, -0.2) is 24.0 Å². The van der Waals surface area contributed by atoms with E-state index in [1.54, 1.807) is 0 Å². The molecule has 0 saturated heterocycles. The number of anilines is 1. The zero-order valence-corrected chi connectivity index (χ0v) is 12.2. The first-order valence-corrected chi connectivity index (χ1v) is 7.70. The van der Waals surface area contributed by atoms with Gasteiger partial charge in [-0.15, -0.1) is 11.8 Å². The van der Waals surface area contributed by atoms with Crippen LogP contribution < -0.4 is 10.1 Å². The Labute approximate surface area is 127 Å². The Bertz CT molecular complexity index is 560. The SMILES string of the molecule is O=C(CSCCOc1ccccc1)Nc1ccc(F)cc1. The second-order valence-electron chi connectivity index (χ2n) is 4.27. The molecular weight excluding hydrogens is 289 g/mol. The zero-order valence-electron chi connectivity index (χ0n) is 11.4. The molecule has 3 nitrogen and oxygen atoms in total. The van der Waals surface area contributed by atoms with Crippen molar-refractivity contribution in [2.45, 2.75) is 0 Å². The van der Waals surface area contributed by atoms with Crippen molar-refractivity contribution in [3.8, 4) is 5.75 Å². The van der Waals surface area contributed by atoms with E-state index in [1.165, 1.54) is 36.0 Å². The third kappa shape index (κ3) is 5.87. The highest BCUT2D eigenvalue weighted by molar-refractivity contribution is 7.99. The Morgan fingerprint density at radius 2 is 1.81 bits per heavy atom. The van der Waals surface area contributed by atoms with Crippen molar-refractivity contribution in [3.63, 3.8) is 0 Å². The standard InChI is InChI=1S/C16H16FNO2S/c17-13-6-8-14(9-7-13)18-16(19)12-21-11-10-20-15-4-2-1-3-5-15/h1-9H,10-12H2,(H,18,19). The molecule has 0 fully saturated rings. The van der Waals surface area contributed by atoms with Gasteiger partial charge in [-0.3, -0.25) is 4.79 Å². The Hall–Kier alpha value is -2.01. The first kappa shape index (κ1) is 15.4. The van der Waals surface area contributed by atoms with Gasteiger partial charge in [0.25, 0.3) is 0 Å². The summed E-state index contributed by atoms with van der Waals surface area (Å²) in [5.74, 6) is 1.47.